The van der Waals surface area contributed by atoms with Crippen LogP contribution >= 0.6 is 12.6 Å². The molecule has 0 aromatic heterocycles. The van der Waals surface area contributed by atoms with Gasteiger partial charge in [-0.25, -0.2) is 0 Å². The van der Waals surface area contributed by atoms with Crippen LogP contribution in [0.1, 0.15) is 47.5 Å². The quantitative estimate of drug-likeness (QED) is 0.696. The average Bonchev–Trinajstić information content (AvgIpc) is 1.78. The van der Waals surface area contributed by atoms with E-state index in [0.29, 0.717) is 13.0 Å². The number of hydrogen-bond acceptors (Lipinski definition) is 2. The zero-order valence-electron chi connectivity index (χ0n) is 9.98. The van der Waals surface area contributed by atoms with E-state index in [1.165, 1.54) is 0 Å². The predicted octanol–water partition coefficient (Wildman–Crippen LogP) is 2.64. The predicted molar refractivity (Wildman–Crippen MR) is 64.8 cm³/mol. The van der Waals surface area contributed by atoms with Gasteiger partial charge in [0.1, 0.15) is 0 Å². The van der Waals surface area contributed by atoms with Crippen LogP contribution < -0.4 is 5.32 Å². The fourth-order valence-electron chi connectivity index (χ4n) is 1.81. The van der Waals surface area contributed by atoms with Crippen LogP contribution in [0.3, 0.4) is 0 Å². The van der Waals surface area contributed by atoms with Gasteiger partial charge in [-0.3, -0.25) is 4.79 Å². The van der Waals surface area contributed by atoms with Gasteiger partial charge in [-0.2, -0.15) is 12.6 Å². The summed E-state index contributed by atoms with van der Waals surface area (Å²) >= 11 is 4.55. The summed E-state index contributed by atoms with van der Waals surface area (Å²) in [5.41, 5.74) is 0.211. The van der Waals surface area contributed by atoms with Gasteiger partial charge in [-0.15, -0.1) is 0 Å². The normalized spacial score (nSPS) is 16.1. The van der Waals surface area contributed by atoms with Gasteiger partial charge in [0.25, 0.3) is 0 Å². The average molecular weight is 217 g/mol. The Hall–Kier alpha value is -0.180. The van der Waals surface area contributed by atoms with Gasteiger partial charge < -0.3 is 5.32 Å². The summed E-state index contributed by atoms with van der Waals surface area (Å²) in [5.74, 6) is 0.0919. The SMILES string of the molecule is CCNC(=O)CC(C)(S)CC(C)(C)C. The van der Waals surface area contributed by atoms with Crippen molar-refractivity contribution in [2.45, 2.75) is 52.2 Å². The Morgan fingerprint density at radius 1 is 1.29 bits per heavy atom. The molecule has 0 saturated heterocycles. The smallest absolute Gasteiger partial charge is 0.221 e. The van der Waals surface area contributed by atoms with E-state index in [2.05, 4.69) is 38.7 Å². The fraction of sp³-hybridized carbons (Fsp3) is 0.909. The van der Waals surface area contributed by atoms with Crippen molar-refractivity contribution in [3.8, 4) is 0 Å². The zero-order valence-corrected chi connectivity index (χ0v) is 10.9. The number of thiol groups is 1. The molecule has 0 fully saturated rings. The highest BCUT2D eigenvalue weighted by atomic mass is 32.1. The molecule has 0 aromatic rings. The summed E-state index contributed by atoms with van der Waals surface area (Å²) in [6, 6.07) is 0. The van der Waals surface area contributed by atoms with E-state index in [0.717, 1.165) is 6.42 Å². The second-order valence-corrected chi connectivity index (χ2v) is 6.44. The van der Waals surface area contributed by atoms with Gasteiger partial charge in [0.15, 0.2) is 0 Å². The third-order valence-electron chi connectivity index (χ3n) is 1.83. The van der Waals surface area contributed by atoms with Crippen molar-refractivity contribution in [3.63, 3.8) is 0 Å². The molecule has 0 rings (SSSR count). The molecule has 2 nitrogen and oxygen atoms in total. The van der Waals surface area contributed by atoms with Crippen molar-refractivity contribution in [2.24, 2.45) is 5.41 Å². The summed E-state index contributed by atoms with van der Waals surface area (Å²) in [5, 5.41) is 2.80. The largest absolute Gasteiger partial charge is 0.356 e. The molecule has 0 aromatic carbocycles. The van der Waals surface area contributed by atoms with E-state index in [9.17, 15) is 4.79 Å². The molecule has 0 aliphatic carbocycles. The Labute approximate surface area is 93.3 Å². The Morgan fingerprint density at radius 3 is 2.14 bits per heavy atom. The molecular formula is C11H23NOS. The van der Waals surface area contributed by atoms with E-state index < -0.39 is 0 Å². The highest BCUT2D eigenvalue weighted by molar-refractivity contribution is 7.81. The molecule has 0 aliphatic rings. The second-order valence-electron chi connectivity index (χ2n) is 5.36. The van der Waals surface area contributed by atoms with Crippen molar-refractivity contribution in [2.75, 3.05) is 6.54 Å². The van der Waals surface area contributed by atoms with E-state index in [-0.39, 0.29) is 16.1 Å². The van der Waals surface area contributed by atoms with Gasteiger partial charge in [0, 0.05) is 17.7 Å². The lowest BCUT2D eigenvalue weighted by atomic mass is 9.83. The molecule has 0 heterocycles. The molecule has 0 radical (unpaired) electrons. The highest BCUT2D eigenvalue weighted by Crippen LogP contribution is 2.33. The third kappa shape index (κ3) is 7.25. The standard InChI is InChI=1S/C11H23NOS/c1-6-12-9(13)7-11(5,14)8-10(2,3)4/h14H,6-8H2,1-5H3,(H,12,13). The number of carbonyl (C=O) groups is 1. The molecule has 1 atom stereocenters. The van der Waals surface area contributed by atoms with Crippen molar-refractivity contribution in [3.05, 3.63) is 0 Å². The Balaban J connectivity index is 4.13. The Bertz CT molecular complexity index is 194. The van der Waals surface area contributed by atoms with Crippen LogP contribution in [-0.2, 0) is 4.79 Å². The van der Waals surface area contributed by atoms with Crippen LogP contribution in [0.4, 0.5) is 0 Å². The van der Waals surface area contributed by atoms with E-state index in [1.54, 1.807) is 0 Å². The molecule has 3 heteroatoms. The number of rotatable bonds is 4. The molecule has 1 amide bonds. The van der Waals surface area contributed by atoms with Crippen molar-refractivity contribution in [1.82, 2.24) is 5.32 Å². The number of carbonyl (C=O) groups excluding carboxylic acids is 1. The molecule has 1 unspecified atom stereocenters. The monoisotopic (exact) mass is 217 g/mol. The molecule has 14 heavy (non-hydrogen) atoms. The lowest BCUT2D eigenvalue weighted by molar-refractivity contribution is -0.121. The summed E-state index contributed by atoms with van der Waals surface area (Å²) < 4.78 is -0.211. The van der Waals surface area contributed by atoms with Crippen LogP contribution in [0, 0.1) is 5.41 Å². The first kappa shape index (κ1) is 13.8. The Morgan fingerprint density at radius 2 is 1.79 bits per heavy atom. The highest BCUT2D eigenvalue weighted by Gasteiger charge is 2.28. The van der Waals surface area contributed by atoms with Crippen LogP contribution in [0.2, 0.25) is 0 Å². The summed E-state index contributed by atoms with van der Waals surface area (Å²) in [4.78, 5) is 11.4. The number of hydrogen-bond donors (Lipinski definition) is 2. The lowest BCUT2D eigenvalue weighted by Crippen LogP contribution is -2.33. The summed E-state index contributed by atoms with van der Waals surface area (Å²) in [7, 11) is 0. The van der Waals surface area contributed by atoms with Gasteiger partial charge in [-0.05, 0) is 18.8 Å². The van der Waals surface area contributed by atoms with Crippen molar-refractivity contribution in [1.29, 1.82) is 0 Å². The second kappa shape index (κ2) is 5.06. The molecule has 1 N–H and O–H groups in total. The van der Waals surface area contributed by atoms with Gasteiger partial charge in [0.2, 0.25) is 5.91 Å². The topological polar surface area (TPSA) is 29.1 Å². The van der Waals surface area contributed by atoms with Crippen molar-refractivity contribution >= 4 is 18.5 Å². The molecule has 0 bridgehead atoms. The minimum absolute atomic E-state index is 0.0919. The minimum Gasteiger partial charge on any atom is -0.356 e. The van der Waals surface area contributed by atoms with Crippen LogP contribution in [0.15, 0.2) is 0 Å². The maximum atomic E-state index is 11.4. The molecule has 0 spiro atoms. The summed E-state index contributed by atoms with van der Waals surface area (Å²) in [6.45, 7) is 11.1. The number of nitrogens with one attached hydrogen (secondary N) is 1. The van der Waals surface area contributed by atoms with E-state index >= 15 is 0 Å². The molecular weight excluding hydrogens is 194 g/mol. The van der Waals surface area contributed by atoms with E-state index in [4.69, 9.17) is 0 Å². The molecule has 0 saturated carbocycles. The van der Waals surface area contributed by atoms with E-state index in [1.807, 2.05) is 13.8 Å². The third-order valence-corrected chi connectivity index (χ3v) is 2.14. The van der Waals surface area contributed by atoms with Crippen LogP contribution in [-0.4, -0.2) is 17.2 Å². The van der Waals surface area contributed by atoms with Crippen LogP contribution in [0.5, 0.6) is 0 Å². The first-order valence-electron chi connectivity index (χ1n) is 5.15. The Kier molecular flexibility index (Phi) is 4.99. The van der Waals surface area contributed by atoms with Crippen molar-refractivity contribution < 1.29 is 4.79 Å². The summed E-state index contributed by atoms with van der Waals surface area (Å²) in [6.07, 6.45) is 1.42. The number of amides is 1. The fourth-order valence-corrected chi connectivity index (χ4v) is 2.43. The van der Waals surface area contributed by atoms with Gasteiger partial charge >= 0.3 is 0 Å². The van der Waals surface area contributed by atoms with Crippen LogP contribution in [0.25, 0.3) is 0 Å². The minimum atomic E-state index is -0.211. The molecule has 0 aliphatic heterocycles. The maximum absolute atomic E-state index is 11.4. The first-order chi connectivity index (χ1) is 6.16. The van der Waals surface area contributed by atoms with Gasteiger partial charge in [0.05, 0.1) is 0 Å². The molecule has 84 valence electrons. The van der Waals surface area contributed by atoms with Gasteiger partial charge in [-0.1, -0.05) is 27.7 Å². The zero-order chi connectivity index (χ0) is 11.4. The maximum Gasteiger partial charge on any atom is 0.221 e. The first-order valence-corrected chi connectivity index (χ1v) is 5.60. The lowest BCUT2D eigenvalue weighted by Gasteiger charge is -2.30.